The molecule has 0 radical (unpaired) electrons. The summed E-state index contributed by atoms with van der Waals surface area (Å²) in [7, 11) is 0. The predicted molar refractivity (Wildman–Crippen MR) is 102 cm³/mol. The molecule has 8 heteroatoms. The number of aromatic nitrogens is 1. The van der Waals surface area contributed by atoms with E-state index in [0.29, 0.717) is 10.6 Å². The lowest BCUT2D eigenvalue weighted by Crippen LogP contribution is -2.36. The largest absolute Gasteiger partial charge is 0.451 e. The van der Waals surface area contributed by atoms with Crippen molar-refractivity contribution in [1.82, 2.24) is 10.3 Å². The topological polar surface area (TPSA) is 97.4 Å². The van der Waals surface area contributed by atoms with Crippen LogP contribution in [0.15, 0.2) is 36.5 Å². The SMILES string of the molecule is Cc1ccc(C(=O)NCC(=O)OC(C)C(=O)Nc2ccc(Cl)cn2)cc1C. The number of esters is 1. The monoisotopic (exact) mass is 389 g/mol. The fourth-order valence-corrected chi connectivity index (χ4v) is 2.22. The van der Waals surface area contributed by atoms with Gasteiger partial charge in [0.2, 0.25) is 0 Å². The minimum Gasteiger partial charge on any atom is -0.451 e. The maximum Gasteiger partial charge on any atom is 0.326 e. The number of anilines is 1. The van der Waals surface area contributed by atoms with Gasteiger partial charge in [-0.2, -0.15) is 0 Å². The molecule has 0 aliphatic rings. The lowest BCUT2D eigenvalue weighted by molar-refractivity contribution is -0.152. The Kier molecular flexibility index (Phi) is 6.90. The van der Waals surface area contributed by atoms with E-state index in [0.717, 1.165) is 11.1 Å². The summed E-state index contributed by atoms with van der Waals surface area (Å²) in [6, 6.07) is 8.35. The van der Waals surface area contributed by atoms with Gasteiger partial charge in [0.05, 0.1) is 5.02 Å². The van der Waals surface area contributed by atoms with Crippen molar-refractivity contribution < 1.29 is 19.1 Å². The molecule has 0 bridgehead atoms. The minimum absolute atomic E-state index is 0.287. The Hall–Kier alpha value is -2.93. The number of halogens is 1. The fraction of sp³-hybridized carbons (Fsp3) is 0.263. The van der Waals surface area contributed by atoms with Crippen molar-refractivity contribution in [2.24, 2.45) is 0 Å². The second-order valence-corrected chi connectivity index (χ2v) is 6.40. The molecule has 0 aliphatic heterocycles. The maximum absolute atomic E-state index is 12.1. The predicted octanol–water partition coefficient (Wildman–Crippen LogP) is 2.65. The van der Waals surface area contributed by atoms with Crippen LogP contribution in [0.4, 0.5) is 5.82 Å². The van der Waals surface area contributed by atoms with Crippen LogP contribution in [0, 0.1) is 13.8 Å². The van der Waals surface area contributed by atoms with Crippen molar-refractivity contribution in [3.63, 3.8) is 0 Å². The molecule has 1 aromatic carbocycles. The summed E-state index contributed by atoms with van der Waals surface area (Å²) in [5.41, 5.74) is 2.50. The molecule has 1 aromatic heterocycles. The van der Waals surface area contributed by atoms with Gasteiger partial charge in [-0.05, 0) is 56.2 Å². The second kappa shape index (κ2) is 9.14. The van der Waals surface area contributed by atoms with Gasteiger partial charge in [-0.25, -0.2) is 4.98 Å². The number of rotatable bonds is 6. The zero-order chi connectivity index (χ0) is 20.0. The summed E-state index contributed by atoms with van der Waals surface area (Å²) in [6.45, 7) is 4.92. The number of nitrogens with one attached hydrogen (secondary N) is 2. The number of hydrogen-bond acceptors (Lipinski definition) is 5. The minimum atomic E-state index is -1.05. The highest BCUT2D eigenvalue weighted by molar-refractivity contribution is 6.30. The van der Waals surface area contributed by atoms with Gasteiger partial charge in [0.15, 0.2) is 6.10 Å². The third-order valence-electron chi connectivity index (χ3n) is 3.82. The maximum atomic E-state index is 12.1. The summed E-state index contributed by atoms with van der Waals surface area (Å²) in [5.74, 6) is -1.37. The average Bonchev–Trinajstić information content (AvgIpc) is 2.63. The van der Waals surface area contributed by atoms with Gasteiger partial charge in [-0.1, -0.05) is 17.7 Å². The van der Waals surface area contributed by atoms with Gasteiger partial charge in [0.25, 0.3) is 11.8 Å². The van der Waals surface area contributed by atoms with E-state index in [1.807, 2.05) is 19.9 Å². The van der Waals surface area contributed by atoms with Crippen molar-refractivity contribution in [3.05, 3.63) is 58.2 Å². The van der Waals surface area contributed by atoms with Crippen molar-refractivity contribution >= 4 is 35.2 Å². The van der Waals surface area contributed by atoms with E-state index in [2.05, 4.69) is 15.6 Å². The summed E-state index contributed by atoms with van der Waals surface area (Å²) in [6.07, 6.45) is 0.337. The quantitative estimate of drug-likeness (QED) is 0.740. The van der Waals surface area contributed by atoms with E-state index in [1.165, 1.54) is 19.2 Å². The highest BCUT2D eigenvalue weighted by atomic mass is 35.5. The molecule has 2 amide bonds. The molecule has 1 unspecified atom stereocenters. The molecule has 142 valence electrons. The Morgan fingerprint density at radius 3 is 2.52 bits per heavy atom. The van der Waals surface area contributed by atoms with E-state index < -0.39 is 23.9 Å². The van der Waals surface area contributed by atoms with Crippen LogP contribution in [0.2, 0.25) is 5.02 Å². The Morgan fingerprint density at radius 2 is 1.89 bits per heavy atom. The lowest BCUT2D eigenvalue weighted by Gasteiger charge is -2.13. The molecule has 1 heterocycles. The summed E-state index contributed by atoms with van der Waals surface area (Å²) in [4.78, 5) is 39.9. The number of benzene rings is 1. The molecule has 27 heavy (non-hydrogen) atoms. The van der Waals surface area contributed by atoms with Crippen LogP contribution in [-0.4, -0.2) is 35.4 Å². The molecular weight excluding hydrogens is 370 g/mol. The summed E-state index contributed by atoms with van der Waals surface area (Å²) >= 11 is 5.72. The van der Waals surface area contributed by atoms with Crippen molar-refractivity contribution in [2.75, 3.05) is 11.9 Å². The van der Waals surface area contributed by atoms with Gasteiger partial charge in [-0.3, -0.25) is 14.4 Å². The molecular formula is C19H20ClN3O4. The van der Waals surface area contributed by atoms with E-state index in [1.54, 1.807) is 18.2 Å². The molecule has 0 fully saturated rings. The Balaban J connectivity index is 1.81. The van der Waals surface area contributed by atoms with Gasteiger partial charge in [0, 0.05) is 11.8 Å². The number of pyridine rings is 1. The first-order chi connectivity index (χ1) is 12.8. The molecule has 7 nitrogen and oxygen atoms in total. The second-order valence-electron chi connectivity index (χ2n) is 5.96. The Labute approximate surface area is 162 Å². The number of hydrogen-bond donors (Lipinski definition) is 2. The normalized spacial score (nSPS) is 11.4. The molecule has 1 atom stereocenters. The van der Waals surface area contributed by atoms with Gasteiger partial charge in [-0.15, -0.1) is 0 Å². The summed E-state index contributed by atoms with van der Waals surface area (Å²) < 4.78 is 5.02. The highest BCUT2D eigenvalue weighted by Crippen LogP contribution is 2.11. The molecule has 2 N–H and O–H groups in total. The van der Waals surface area contributed by atoms with Crippen LogP contribution in [0.3, 0.4) is 0 Å². The first kappa shape index (κ1) is 20.4. The van der Waals surface area contributed by atoms with Gasteiger partial charge >= 0.3 is 5.97 Å². The highest BCUT2D eigenvalue weighted by Gasteiger charge is 2.19. The molecule has 0 saturated carbocycles. The number of carbonyl (C=O) groups excluding carboxylic acids is 3. The molecule has 0 aliphatic carbocycles. The summed E-state index contributed by atoms with van der Waals surface area (Å²) in [5, 5.41) is 5.41. The lowest BCUT2D eigenvalue weighted by atomic mass is 10.1. The third kappa shape index (κ3) is 6.07. The van der Waals surface area contributed by atoms with Crippen molar-refractivity contribution in [1.29, 1.82) is 0 Å². The van der Waals surface area contributed by atoms with Crippen LogP contribution >= 0.6 is 11.6 Å². The number of aryl methyl sites for hydroxylation is 2. The number of carbonyl (C=O) groups is 3. The van der Waals surface area contributed by atoms with Crippen molar-refractivity contribution in [2.45, 2.75) is 26.9 Å². The smallest absolute Gasteiger partial charge is 0.326 e. The van der Waals surface area contributed by atoms with E-state index in [-0.39, 0.29) is 12.4 Å². The van der Waals surface area contributed by atoms with Crippen LogP contribution in [0.25, 0.3) is 0 Å². The standard InChI is InChI=1S/C19H20ClN3O4/c1-11-4-5-14(8-12(11)2)19(26)22-10-17(24)27-13(3)18(25)23-16-7-6-15(20)9-21-16/h4-9,13H,10H2,1-3H3,(H,22,26)(H,21,23,25). The Morgan fingerprint density at radius 1 is 1.15 bits per heavy atom. The zero-order valence-corrected chi connectivity index (χ0v) is 16.0. The number of ether oxygens (including phenoxy) is 1. The van der Waals surface area contributed by atoms with Crippen LogP contribution in [0.5, 0.6) is 0 Å². The molecule has 2 aromatic rings. The van der Waals surface area contributed by atoms with Crippen LogP contribution in [0.1, 0.15) is 28.4 Å². The first-order valence-electron chi connectivity index (χ1n) is 8.23. The van der Waals surface area contributed by atoms with E-state index in [4.69, 9.17) is 16.3 Å². The van der Waals surface area contributed by atoms with Crippen LogP contribution < -0.4 is 10.6 Å². The third-order valence-corrected chi connectivity index (χ3v) is 4.04. The number of amides is 2. The molecule has 0 saturated heterocycles. The van der Waals surface area contributed by atoms with E-state index >= 15 is 0 Å². The Bertz CT molecular complexity index is 853. The molecule has 0 spiro atoms. The fourth-order valence-electron chi connectivity index (χ4n) is 2.11. The van der Waals surface area contributed by atoms with Gasteiger partial charge in [0.1, 0.15) is 12.4 Å². The van der Waals surface area contributed by atoms with Crippen molar-refractivity contribution in [3.8, 4) is 0 Å². The van der Waals surface area contributed by atoms with Gasteiger partial charge < -0.3 is 15.4 Å². The average molecular weight is 390 g/mol. The number of nitrogens with zero attached hydrogens (tertiary/aromatic N) is 1. The van der Waals surface area contributed by atoms with E-state index in [9.17, 15) is 14.4 Å². The molecule has 2 rings (SSSR count). The van der Waals surface area contributed by atoms with Crippen LogP contribution in [-0.2, 0) is 14.3 Å². The first-order valence-corrected chi connectivity index (χ1v) is 8.61. The zero-order valence-electron chi connectivity index (χ0n) is 15.2.